The van der Waals surface area contributed by atoms with Crippen LogP contribution in [-0.2, 0) is 0 Å². The largest absolute Gasteiger partial charge is 0.495 e. The first-order chi connectivity index (χ1) is 16.8. The summed E-state index contributed by atoms with van der Waals surface area (Å²) >= 11 is 7.53. The molecule has 0 saturated carbocycles. The lowest BCUT2D eigenvalue weighted by atomic mass is 9.97. The van der Waals surface area contributed by atoms with Crippen LogP contribution >= 0.6 is 22.9 Å². The maximum atomic E-state index is 12.9. The number of thiazole rings is 1. The quantitative estimate of drug-likeness (QED) is 0.427. The van der Waals surface area contributed by atoms with E-state index in [1.807, 2.05) is 43.0 Å². The summed E-state index contributed by atoms with van der Waals surface area (Å²) in [6, 6.07) is 12.3. The number of nitrogens with one attached hydrogen (secondary N) is 1. The van der Waals surface area contributed by atoms with Gasteiger partial charge in [0.25, 0.3) is 11.8 Å². The molecule has 1 aliphatic rings. The van der Waals surface area contributed by atoms with E-state index in [0.717, 1.165) is 23.6 Å². The first-order valence-corrected chi connectivity index (χ1v) is 12.8. The van der Waals surface area contributed by atoms with E-state index in [1.54, 1.807) is 23.6 Å². The van der Waals surface area contributed by atoms with Crippen molar-refractivity contribution < 1.29 is 19.1 Å². The highest BCUT2D eigenvalue weighted by Gasteiger charge is 2.27. The number of methoxy groups -OCH3 is 1. The molecule has 0 bridgehead atoms. The number of anilines is 1. The van der Waals surface area contributed by atoms with Crippen molar-refractivity contribution in [1.29, 1.82) is 0 Å². The Morgan fingerprint density at radius 3 is 2.51 bits per heavy atom. The molecule has 0 aliphatic carbocycles. The first-order valence-electron chi connectivity index (χ1n) is 11.5. The summed E-state index contributed by atoms with van der Waals surface area (Å²) in [6.07, 6.45) is 1.70. The maximum absolute atomic E-state index is 12.9. The van der Waals surface area contributed by atoms with Gasteiger partial charge in [-0.25, -0.2) is 4.98 Å². The van der Waals surface area contributed by atoms with Gasteiger partial charge in [-0.1, -0.05) is 11.6 Å². The van der Waals surface area contributed by atoms with Gasteiger partial charge >= 0.3 is 0 Å². The molecule has 0 atom stereocenters. The molecule has 7 nitrogen and oxygen atoms in total. The van der Waals surface area contributed by atoms with Crippen molar-refractivity contribution in [2.75, 3.05) is 25.5 Å². The van der Waals surface area contributed by atoms with E-state index in [2.05, 4.69) is 10.3 Å². The normalized spacial score (nSPS) is 14.1. The lowest BCUT2D eigenvalue weighted by Crippen LogP contribution is -2.37. The van der Waals surface area contributed by atoms with Crippen LogP contribution < -0.4 is 14.8 Å². The highest BCUT2D eigenvalue weighted by molar-refractivity contribution is 7.10. The Bertz CT molecular complexity index is 1190. The van der Waals surface area contributed by atoms with Gasteiger partial charge in [0.15, 0.2) is 0 Å². The van der Waals surface area contributed by atoms with Gasteiger partial charge in [0.05, 0.1) is 23.9 Å². The molecule has 0 radical (unpaired) electrons. The first kappa shape index (κ1) is 25.0. The zero-order valence-corrected chi connectivity index (χ0v) is 21.5. The number of nitrogens with zero attached hydrogens (tertiary/aromatic N) is 2. The van der Waals surface area contributed by atoms with Crippen LogP contribution in [-0.4, -0.2) is 48.0 Å². The number of rotatable bonds is 7. The van der Waals surface area contributed by atoms with Crippen molar-refractivity contribution in [2.24, 2.45) is 0 Å². The lowest BCUT2D eigenvalue weighted by Gasteiger charge is -2.31. The zero-order valence-electron chi connectivity index (χ0n) is 19.9. The van der Waals surface area contributed by atoms with Crippen LogP contribution in [0.5, 0.6) is 11.5 Å². The molecule has 1 fully saturated rings. The summed E-state index contributed by atoms with van der Waals surface area (Å²) in [4.78, 5) is 32.1. The number of carbonyl (C=O) groups is 2. The number of hydrogen-bond acceptors (Lipinski definition) is 6. The molecule has 2 aromatic carbocycles. The second kappa shape index (κ2) is 11.1. The molecule has 0 unspecified atom stereocenters. The smallest absolute Gasteiger partial charge is 0.275 e. The number of carbonyl (C=O) groups excluding carboxylic acids is 2. The molecule has 184 valence electrons. The van der Waals surface area contributed by atoms with Gasteiger partial charge in [-0.2, -0.15) is 0 Å². The van der Waals surface area contributed by atoms with E-state index < -0.39 is 0 Å². The third kappa shape index (κ3) is 6.13. The van der Waals surface area contributed by atoms with Crippen LogP contribution in [0.3, 0.4) is 0 Å². The number of benzene rings is 2. The van der Waals surface area contributed by atoms with E-state index in [1.165, 1.54) is 18.4 Å². The summed E-state index contributed by atoms with van der Waals surface area (Å²) in [5.41, 5.74) is 1.51. The number of amides is 2. The molecule has 3 aromatic rings. The highest BCUT2D eigenvalue weighted by atomic mass is 35.5. The second-order valence-electron chi connectivity index (χ2n) is 8.63. The number of halogens is 1. The molecule has 2 amide bonds. The van der Waals surface area contributed by atoms with Crippen LogP contribution in [0.1, 0.15) is 58.5 Å². The van der Waals surface area contributed by atoms with E-state index in [0.29, 0.717) is 40.8 Å². The monoisotopic (exact) mass is 513 g/mol. The second-order valence-corrected chi connectivity index (χ2v) is 9.95. The van der Waals surface area contributed by atoms with E-state index in [4.69, 9.17) is 21.1 Å². The number of piperidine rings is 1. The summed E-state index contributed by atoms with van der Waals surface area (Å²) in [5.74, 6) is 1.21. The minimum absolute atomic E-state index is 0.0224. The average Bonchev–Trinajstić information content (AvgIpc) is 3.35. The van der Waals surface area contributed by atoms with E-state index in [-0.39, 0.29) is 23.8 Å². The Morgan fingerprint density at radius 2 is 1.86 bits per heavy atom. The highest BCUT2D eigenvalue weighted by Crippen LogP contribution is 2.32. The lowest BCUT2D eigenvalue weighted by molar-refractivity contribution is 0.0713. The van der Waals surface area contributed by atoms with E-state index >= 15 is 0 Å². The van der Waals surface area contributed by atoms with Crippen LogP contribution in [0.25, 0.3) is 0 Å². The number of likely N-dealkylation sites (tertiary alicyclic amines) is 1. The van der Waals surface area contributed by atoms with E-state index in [9.17, 15) is 9.59 Å². The summed E-state index contributed by atoms with van der Waals surface area (Å²) in [6.45, 7) is 5.23. The molecule has 9 heteroatoms. The molecule has 0 spiro atoms. The van der Waals surface area contributed by atoms with Gasteiger partial charge in [0.1, 0.15) is 17.2 Å². The molecule has 2 heterocycles. The molecule has 1 saturated heterocycles. The van der Waals surface area contributed by atoms with Gasteiger partial charge in [0.2, 0.25) is 0 Å². The molecular weight excluding hydrogens is 486 g/mol. The summed E-state index contributed by atoms with van der Waals surface area (Å²) in [5, 5.41) is 6.00. The van der Waals surface area contributed by atoms with Gasteiger partial charge in [-0.05, 0) is 69.2 Å². The van der Waals surface area contributed by atoms with Gasteiger partial charge in [-0.15, -0.1) is 11.3 Å². The molecule has 35 heavy (non-hydrogen) atoms. The number of aromatic nitrogens is 1. The minimum atomic E-state index is -0.314. The minimum Gasteiger partial charge on any atom is -0.495 e. The fourth-order valence-electron chi connectivity index (χ4n) is 4.00. The van der Waals surface area contributed by atoms with Gasteiger partial charge in [-0.3, -0.25) is 9.59 Å². The molecule has 1 aliphatic heterocycles. The third-order valence-electron chi connectivity index (χ3n) is 5.77. The topological polar surface area (TPSA) is 80.8 Å². The Kier molecular flexibility index (Phi) is 7.93. The maximum Gasteiger partial charge on any atom is 0.275 e. The summed E-state index contributed by atoms with van der Waals surface area (Å²) in [7, 11) is 1.53. The Hall–Kier alpha value is -3.10. The van der Waals surface area contributed by atoms with Crippen molar-refractivity contribution in [3.05, 3.63) is 69.1 Å². The van der Waals surface area contributed by atoms with Crippen LogP contribution in [0, 0.1) is 0 Å². The van der Waals surface area contributed by atoms with Gasteiger partial charge < -0.3 is 19.7 Å². The number of hydrogen-bond donors (Lipinski definition) is 1. The molecule has 1 N–H and O–H groups in total. The fourth-order valence-corrected chi connectivity index (χ4v) is 5.15. The summed E-state index contributed by atoms with van der Waals surface area (Å²) < 4.78 is 10.9. The molecule has 4 rings (SSSR count). The number of ether oxygens (including phenoxy) is 2. The Morgan fingerprint density at radius 1 is 1.14 bits per heavy atom. The predicted octanol–water partition coefficient (Wildman–Crippen LogP) is 5.86. The van der Waals surface area contributed by atoms with Crippen molar-refractivity contribution in [3.8, 4) is 11.5 Å². The van der Waals surface area contributed by atoms with Crippen molar-refractivity contribution in [3.63, 3.8) is 0 Å². The van der Waals surface area contributed by atoms with Crippen molar-refractivity contribution >= 4 is 40.4 Å². The third-order valence-corrected chi connectivity index (χ3v) is 7.01. The van der Waals surface area contributed by atoms with Crippen LogP contribution in [0.2, 0.25) is 5.02 Å². The Balaban J connectivity index is 1.34. The average molecular weight is 514 g/mol. The molecule has 1 aromatic heterocycles. The fraction of sp³-hybridized carbons (Fsp3) is 0.346. The predicted molar refractivity (Wildman–Crippen MR) is 138 cm³/mol. The van der Waals surface area contributed by atoms with Crippen molar-refractivity contribution in [1.82, 2.24) is 9.88 Å². The Labute approximate surface area is 214 Å². The standard InChI is InChI=1S/C26H28ClN3O4S/c1-16(2)34-20-7-4-18(5-8-20)26(32)30-12-10-17(11-13-30)25-29-22(15-35-25)24(31)28-21-14-19(27)6-9-23(21)33-3/h4-9,14-17H,10-13H2,1-3H3,(H,28,31). The van der Waals surface area contributed by atoms with Crippen LogP contribution in [0.15, 0.2) is 47.8 Å². The van der Waals surface area contributed by atoms with Crippen LogP contribution in [0.4, 0.5) is 5.69 Å². The van der Waals surface area contributed by atoms with Gasteiger partial charge in [0, 0.05) is 35.0 Å². The SMILES string of the molecule is COc1ccc(Cl)cc1NC(=O)c1csc(C2CCN(C(=O)c3ccc(OC(C)C)cc3)CC2)n1. The molecular formula is C26H28ClN3O4S. The van der Waals surface area contributed by atoms with Crippen molar-refractivity contribution in [2.45, 2.75) is 38.7 Å². The zero-order chi connectivity index (χ0) is 24.9.